The van der Waals surface area contributed by atoms with Crippen LogP contribution >= 0.6 is 38.9 Å². The second-order valence-corrected chi connectivity index (χ2v) is 6.59. The fraction of sp³-hybridized carbons (Fsp3) is 0.167. The first-order chi connectivity index (χ1) is 7.58. The number of halogens is 2. The Morgan fingerprint density at radius 1 is 1.31 bits per heavy atom. The molecular weight excluding hydrogens is 308 g/mol. The van der Waals surface area contributed by atoms with Gasteiger partial charge in [0, 0.05) is 9.90 Å². The van der Waals surface area contributed by atoms with Gasteiger partial charge < -0.3 is 5.11 Å². The summed E-state index contributed by atoms with van der Waals surface area (Å²) in [7, 11) is 0. The van der Waals surface area contributed by atoms with Crippen LogP contribution in [0.5, 0.6) is 0 Å². The van der Waals surface area contributed by atoms with Crippen LogP contribution in [-0.2, 0) is 0 Å². The lowest BCUT2D eigenvalue weighted by molar-refractivity contribution is 0.220. The number of thiophene rings is 1. The average Bonchev–Trinajstić information content (AvgIpc) is 2.58. The van der Waals surface area contributed by atoms with Crippen molar-refractivity contribution in [2.45, 2.75) is 13.0 Å². The van der Waals surface area contributed by atoms with E-state index in [2.05, 4.69) is 15.9 Å². The zero-order valence-corrected chi connectivity index (χ0v) is 11.7. The van der Waals surface area contributed by atoms with E-state index in [1.54, 1.807) is 23.5 Å². The molecule has 2 aromatic rings. The van der Waals surface area contributed by atoms with Crippen LogP contribution in [-0.4, -0.2) is 5.11 Å². The summed E-state index contributed by atoms with van der Waals surface area (Å²) >= 11 is 10.9. The Kier molecular flexibility index (Phi) is 3.70. The van der Waals surface area contributed by atoms with Crippen LogP contribution in [0.3, 0.4) is 0 Å². The Hall–Kier alpha value is -0.350. The largest absolute Gasteiger partial charge is 0.384 e. The SMILES string of the molecule is Cc1sc(Br)cc1C(O)c1ccc(Cl)cc1. The van der Waals surface area contributed by atoms with Crippen LogP contribution in [0.2, 0.25) is 5.02 Å². The number of rotatable bonds is 2. The summed E-state index contributed by atoms with van der Waals surface area (Å²) in [6.07, 6.45) is -0.584. The summed E-state index contributed by atoms with van der Waals surface area (Å²) < 4.78 is 1.04. The van der Waals surface area contributed by atoms with E-state index < -0.39 is 6.10 Å². The molecule has 1 unspecified atom stereocenters. The van der Waals surface area contributed by atoms with Gasteiger partial charge in [0.25, 0.3) is 0 Å². The first kappa shape index (κ1) is 12.1. The van der Waals surface area contributed by atoms with Gasteiger partial charge in [0.05, 0.1) is 3.79 Å². The zero-order valence-electron chi connectivity index (χ0n) is 8.58. The van der Waals surface area contributed by atoms with E-state index in [1.165, 1.54) is 0 Å². The fourth-order valence-electron chi connectivity index (χ4n) is 1.55. The van der Waals surface area contributed by atoms with Gasteiger partial charge in [-0.15, -0.1) is 11.3 Å². The van der Waals surface area contributed by atoms with E-state index in [4.69, 9.17) is 11.6 Å². The van der Waals surface area contributed by atoms with E-state index in [9.17, 15) is 5.11 Å². The molecule has 1 N–H and O–H groups in total. The van der Waals surface area contributed by atoms with E-state index in [-0.39, 0.29) is 0 Å². The molecule has 84 valence electrons. The van der Waals surface area contributed by atoms with Crippen molar-refractivity contribution in [1.29, 1.82) is 0 Å². The van der Waals surface area contributed by atoms with E-state index in [0.29, 0.717) is 5.02 Å². The summed E-state index contributed by atoms with van der Waals surface area (Å²) in [5.41, 5.74) is 1.80. The highest BCUT2D eigenvalue weighted by molar-refractivity contribution is 9.11. The fourth-order valence-corrected chi connectivity index (χ4v) is 3.42. The monoisotopic (exact) mass is 316 g/mol. The molecule has 0 fully saturated rings. The third-order valence-electron chi connectivity index (χ3n) is 2.41. The molecule has 0 saturated carbocycles. The first-order valence-corrected chi connectivity index (χ1v) is 6.76. The number of aliphatic hydroxyl groups excluding tert-OH is 1. The maximum Gasteiger partial charge on any atom is 0.105 e. The summed E-state index contributed by atoms with van der Waals surface area (Å²) in [4.78, 5) is 1.12. The molecule has 0 aliphatic heterocycles. The molecule has 0 amide bonds. The first-order valence-electron chi connectivity index (χ1n) is 4.77. The average molecular weight is 318 g/mol. The third kappa shape index (κ3) is 2.48. The van der Waals surface area contributed by atoms with Crippen molar-refractivity contribution >= 4 is 38.9 Å². The van der Waals surface area contributed by atoms with E-state index in [0.717, 1.165) is 19.8 Å². The van der Waals surface area contributed by atoms with Gasteiger partial charge >= 0.3 is 0 Å². The second-order valence-electron chi connectivity index (χ2n) is 3.52. The van der Waals surface area contributed by atoms with Crippen LogP contribution < -0.4 is 0 Å². The number of benzene rings is 1. The van der Waals surface area contributed by atoms with Crippen molar-refractivity contribution < 1.29 is 5.11 Å². The maximum atomic E-state index is 10.2. The number of hydrogen-bond acceptors (Lipinski definition) is 2. The molecule has 16 heavy (non-hydrogen) atoms. The van der Waals surface area contributed by atoms with Crippen molar-refractivity contribution in [3.8, 4) is 0 Å². The predicted molar refractivity (Wildman–Crippen MR) is 72.3 cm³/mol. The molecule has 4 heteroatoms. The molecule has 0 bridgehead atoms. The minimum Gasteiger partial charge on any atom is -0.384 e. The number of aliphatic hydroxyl groups is 1. The summed E-state index contributed by atoms with van der Waals surface area (Å²) in [5, 5.41) is 10.9. The quantitative estimate of drug-likeness (QED) is 0.861. The molecular formula is C12H10BrClOS. The summed E-state index contributed by atoms with van der Waals surface area (Å²) in [6, 6.07) is 9.23. The standard InChI is InChI=1S/C12H10BrClOS/c1-7-10(6-11(13)16-7)12(15)8-2-4-9(14)5-3-8/h2-6,12,15H,1H3. The van der Waals surface area contributed by atoms with Gasteiger partial charge in [-0.1, -0.05) is 23.7 Å². The molecule has 0 saturated heterocycles. The lowest BCUT2D eigenvalue weighted by Gasteiger charge is -2.10. The molecule has 1 heterocycles. The minimum absolute atomic E-state index is 0.584. The number of aryl methyl sites for hydroxylation is 1. The van der Waals surface area contributed by atoms with Gasteiger partial charge in [-0.05, 0) is 52.2 Å². The van der Waals surface area contributed by atoms with Gasteiger partial charge in [-0.25, -0.2) is 0 Å². The van der Waals surface area contributed by atoms with Gasteiger partial charge in [-0.2, -0.15) is 0 Å². The smallest absolute Gasteiger partial charge is 0.105 e. The van der Waals surface area contributed by atoms with Crippen LogP contribution in [0.15, 0.2) is 34.1 Å². The lowest BCUT2D eigenvalue weighted by atomic mass is 10.0. The highest BCUT2D eigenvalue weighted by atomic mass is 79.9. The molecule has 0 aliphatic carbocycles. The van der Waals surface area contributed by atoms with Crippen LogP contribution in [0.4, 0.5) is 0 Å². The Morgan fingerprint density at radius 3 is 2.44 bits per heavy atom. The molecule has 1 aromatic carbocycles. The van der Waals surface area contributed by atoms with E-state index >= 15 is 0 Å². The van der Waals surface area contributed by atoms with Crippen molar-refractivity contribution in [2.75, 3.05) is 0 Å². The Bertz CT molecular complexity index is 492. The Morgan fingerprint density at radius 2 is 1.94 bits per heavy atom. The van der Waals surface area contributed by atoms with Gasteiger partial charge in [-0.3, -0.25) is 0 Å². The van der Waals surface area contributed by atoms with Crippen molar-refractivity contribution in [3.63, 3.8) is 0 Å². The maximum absolute atomic E-state index is 10.2. The Labute approximate surface area is 112 Å². The van der Waals surface area contributed by atoms with Crippen molar-refractivity contribution in [1.82, 2.24) is 0 Å². The second kappa shape index (κ2) is 4.88. The van der Waals surface area contributed by atoms with Crippen LogP contribution in [0.25, 0.3) is 0 Å². The summed E-state index contributed by atoms with van der Waals surface area (Å²) in [6.45, 7) is 2.00. The van der Waals surface area contributed by atoms with Crippen LogP contribution in [0, 0.1) is 6.92 Å². The highest BCUT2D eigenvalue weighted by Crippen LogP contribution is 2.33. The van der Waals surface area contributed by atoms with Gasteiger partial charge in [0.1, 0.15) is 6.10 Å². The van der Waals surface area contributed by atoms with Crippen molar-refractivity contribution in [2.24, 2.45) is 0 Å². The third-order valence-corrected chi connectivity index (χ3v) is 4.23. The number of hydrogen-bond donors (Lipinski definition) is 1. The highest BCUT2D eigenvalue weighted by Gasteiger charge is 2.15. The normalized spacial score (nSPS) is 12.8. The van der Waals surface area contributed by atoms with Crippen LogP contribution in [0.1, 0.15) is 22.1 Å². The van der Waals surface area contributed by atoms with Crippen molar-refractivity contribution in [3.05, 3.63) is 55.1 Å². The minimum atomic E-state index is -0.584. The molecule has 1 atom stereocenters. The molecule has 0 radical (unpaired) electrons. The molecule has 1 aromatic heterocycles. The summed E-state index contributed by atoms with van der Waals surface area (Å²) in [5.74, 6) is 0. The zero-order chi connectivity index (χ0) is 11.7. The van der Waals surface area contributed by atoms with Gasteiger partial charge in [0.15, 0.2) is 0 Å². The molecule has 0 aliphatic rings. The Balaban J connectivity index is 2.35. The predicted octanol–water partition coefficient (Wildman–Crippen LogP) is 4.55. The topological polar surface area (TPSA) is 20.2 Å². The molecule has 0 spiro atoms. The molecule has 2 rings (SSSR count). The lowest BCUT2D eigenvalue weighted by Crippen LogP contribution is -1.99. The van der Waals surface area contributed by atoms with Gasteiger partial charge in [0.2, 0.25) is 0 Å². The van der Waals surface area contributed by atoms with E-state index in [1.807, 2.05) is 25.1 Å². The molecule has 1 nitrogen and oxygen atoms in total.